The minimum atomic E-state index is -4.07. The second-order valence-corrected chi connectivity index (χ2v) is 21.3. The van der Waals surface area contributed by atoms with Gasteiger partial charge in [-0.3, -0.25) is 4.79 Å². The first-order valence-corrected chi connectivity index (χ1v) is 21.0. The van der Waals surface area contributed by atoms with Crippen molar-refractivity contribution in [1.29, 1.82) is 0 Å². The van der Waals surface area contributed by atoms with E-state index in [1.807, 2.05) is 12.1 Å². The van der Waals surface area contributed by atoms with Gasteiger partial charge in [0.25, 0.3) is 10.0 Å². The summed E-state index contributed by atoms with van der Waals surface area (Å²) in [6.45, 7) is 16.9. The molecule has 0 spiro atoms. The van der Waals surface area contributed by atoms with Crippen molar-refractivity contribution in [3.05, 3.63) is 76.0 Å². The number of carbonyl (C=O) groups excluding carboxylic acids is 1. The molecule has 7 atom stereocenters. The number of hydrogen-bond acceptors (Lipinski definition) is 4. The van der Waals surface area contributed by atoms with E-state index in [1.165, 1.54) is 41.1 Å². The number of nitrogens with one attached hydrogen (secondary N) is 2. The summed E-state index contributed by atoms with van der Waals surface area (Å²) in [7, 11) is -4.07. The number of sulfonamides is 1. The topological polar surface area (TPSA) is 116 Å². The zero-order chi connectivity index (χ0) is 37.4. The lowest BCUT2D eigenvalue weighted by Gasteiger charge is -2.70. The Morgan fingerprint density at radius 2 is 1.60 bits per heavy atom. The maximum atomic E-state index is 14.6. The number of carbonyl (C=O) groups is 2. The van der Waals surface area contributed by atoms with Gasteiger partial charge in [-0.25, -0.2) is 17.9 Å². The molecule has 2 aromatic carbocycles. The highest BCUT2D eigenvalue weighted by molar-refractivity contribution is 7.90. The van der Waals surface area contributed by atoms with Crippen LogP contribution in [0.2, 0.25) is 5.02 Å². The van der Waals surface area contributed by atoms with Crippen LogP contribution in [0.1, 0.15) is 121 Å². The molecule has 0 aliphatic heterocycles. The molecule has 8 rings (SSSR count). The zero-order valence-electron chi connectivity index (χ0n) is 31.6. The Morgan fingerprint density at radius 1 is 0.904 bits per heavy atom. The molecule has 5 aliphatic carbocycles. The quantitative estimate of drug-likeness (QED) is 0.230. The first-order chi connectivity index (χ1) is 24.2. The molecular weight excluding hydrogens is 692 g/mol. The van der Waals surface area contributed by atoms with Crippen molar-refractivity contribution in [2.24, 2.45) is 44.8 Å². The van der Waals surface area contributed by atoms with Crippen molar-refractivity contribution < 1.29 is 23.1 Å². The van der Waals surface area contributed by atoms with Gasteiger partial charge in [-0.15, -0.1) is 0 Å². The van der Waals surface area contributed by atoms with Crippen LogP contribution in [-0.2, 0) is 26.7 Å². The molecular formula is C43H53ClN2O5S. The number of carboxylic acid groups (broad SMARTS) is 1. The number of benzene rings is 2. The first kappa shape index (κ1) is 35.9. The molecule has 3 saturated carbocycles. The van der Waals surface area contributed by atoms with E-state index in [9.17, 15) is 23.1 Å². The monoisotopic (exact) mass is 744 g/mol. The second kappa shape index (κ2) is 11.2. The van der Waals surface area contributed by atoms with E-state index >= 15 is 0 Å². The summed E-state index contributed by atoms with van der Waals surface area (Å²) < 4.78 is 29.7. The summed E-state index contributed by atoms with van der Waals surface area (Å²) in [5.74, 6) is -0.492. The van der Waals surface area contributed by atoms with Crippen LogP contribution in [0.3, 0.4) is 0 Å². The lowest BCUT2D eigenvalue weighted by Crippen LogP contribution is -2.65. The number of aromatic amines is 1. The van der Waals surface area contributed by atoms with Crippen molar-refractivity contribution in [1.82, 2.24) is 9.71 Å². The Bertz CT molecular complexity index is 2170. The van der Waals surface area contributed by atoms with E-state index < -0.39 is 21.4 Å². The average molecular weight is 745 g/mol. The molecule has 3 aromatic rings. The molecule has 278 valence electrons. The molecule has 1 amide bonds. The number of hydrogen-bond donors (Lipinski definition) is 3. The highest BCUT2D eigenvalue weighted by Crippen LogP contribution is 2.75. The zero-order valence-corrected chi connectivity index (χ0v) is 33.2. The summed E-state index contributed by atoms with van der Waals surface area (Å²) in [6, 6.07) is 11.5. The molecule has 0 unspecified atom stereocenters. The summed E-state index contributed by atoms with van der Waals surface area (Å²) in [6.07, 6.45) is 10.4. The Hall–Kier alpha value is -3.10. The largest absolute Gasteiger partial charge is 0.478 e. The van der Waals surface area contributed by atoms with Gasteiger partial charge in [0.2, 0.25) is 5.91 Å². The van der Waals surface area contributed by atoms with E-state index in [2.05, 4.69) is 64.2 Å². The lowest BCUT2D eigenvalue weighted by atomic mass is 9.33. The van der Waals surface area contributed by atoms with Crippen molar-refractivity contribution in [3.63, 3.8) is 0 Å². The Kier molecular flexibility index (Phi) is 7.75. The molecule has 5 aliphatic rings. The summed E-state index contributed by atoms with van der Waals surface area (Å²) >= 11 is 6.05. The van der Waals surface area contributed by atoms with Crippen LogP contribution in [0.25, 0.3) is 10.9 Å². The molecule has 52 heavy (non-hydrogen) atoms. The molecule has 7 nitrogen and oxygen atoms in total. The number of H-pyrrole nitrogens is 1. The van der Waals surface area contributed by atoms with Crippen LogP contribution in [0, 0.1) is 44.8 Å². The molecule has 1 heterocycles. The summed E-state index contributed by atoms with van der Waals surface area (Å²) in [4.78, 5) is 30.4. The Labute approximate surface area is 313 Å². The van der Waals surface area contributed by atoms with Gasteiger partial charge in [0, 0.05) is 27.0 Å². The molecule has 3 N–H and O–H groups in total. The number of carboxylic acids is 1. The number of allylic oxidation sites excluding steroid dienone is 2. The van der Waals surface area contributed by atoms with Gasteiger partial charge in [0.05, 0.1) is 15.9 Å². The lowest BCUT2D eigenvalue weighted by molar-refractivity contribution is -0.166. The molecule has 9 heteroatoms. The SMILES string of the molecule is CC1(C)CC[C@]2(C(=O)NS(=O)(=O)c3ccc(Cl)cc3)CC[C@]3(C)C(=CC[C@@H]4[C@@]5(C)Cc6c([nH]c7ccc(C(=O)O)cc67)C(C)(C)[C@@H]5CC[C@]43C)[C@@H]2C1. The number of halogens is 1. The molecule has 0 saturated heterocycles. The van der Waals surface area contributed by atoms with Crippen molar-refractivity contribution >= 4 is 44.4 Å². The minimum Gasteiger partial charge on any atom is -0.478 e. The van der Waals surface area contributed by atoms with Crippen molar-refractivity contribution in [2.45, 2.75) is 117 Å². The number of amides is 1. The van der Waals surface area contributed by atoms with Crippen molar-refractivity contribution in [2.75, 3.05) is 0 Å². The molecule has 0 bridgehead atoms. The maximum absolute atomic E-state index is 14.6. The number of rotatable bonds is 4. The van der Waals surface area contributed by atoms with Crippen molar-refractivity contribution in [3.8, 4) is 0 Å². The predicted molar refractivity (Wildman–Crippen MR) is 205 cm³/mol. The normalized spacial score (nSPS) is 35.9. The smallest absolute Gasteiger partial charge is 0.335 e. The fraction of sp³-hybridized carbons (Fsp3) is 0.581. The van der Waals surface area contributed by atoms with Gasteiger partial charge in [0.1, 0.15) is 0 Å². The maximum Gasteiger partial charge on any atom is 0.335 e. The fourth-order valence-corrected chi connectivity index (χ4v) is 14.2. The number of aromatic nitrogens is 1. The van der Waals surface area contributed by atoms with Gasteiger partial charge in [-0.05, 0) is 145 Å². The van der Waals surface area contributed by atoms with Crippen LogP contribution < -0.4 is 4.72 Å². The molecule has 1 aromatic heterocycles. The van der Waals surface area contributed by atoms with Crippen LogP contribution in [0.15, 0.2) is 59.0 Å². The van der Waals surface area contributed by atoms with Gasteiger partial charge < -0.3 is 10.1 Å². The number of aromatic carboxylic acids is 1. The van der Waals surface area contributed by atoms with Crippen LogP contribution in [-0.4, -0.2) is 30.4 Å². The van der Waals surface area contributed by atoms with Gasteiger partial charge in [-0.2, -0.15) is 0 Å². The third kappa shape index (κ3) is 4.84. The number of fused-ring (bicyclic) bond motifs is 10. The minimum absolute atomic E-state index is 0.0257. The van der Waals surface area contributed by atoms with E-state index in [-0.39, 0.29) is 43.8 Å². The predicted octanol–water partition coefficient (Wildman–Crippen LogP) is 9.84. The van der Waals surface area contributed by atoms with E-state index in [0.29, 0.717) is 35.3 Å². The standard InChI is InChI=1S/C43H53ClN2O5S/c1-38(2)18-20-43(37(49)46-52(50,51)27-11-9-26(44)10-12-27)21-19-41(6)30(31(43)24-38)13-15-34-40(5)23-29-28-22-25(36(47)48)8-14-32(28)45-35(29)39(3,4)33(40)16-17-42(34,41)7/h8-14,22,31,33-34,45H,15-21,23-24H2,1-7H3,(H,46,49)(H,47,48)/t31-,33-,34+,40-,41+,42+,43-/m0/s1. The Morgan fingerprint density at radius 3 is 2.29 bits per heavy atom. The van der Waals surface area contributed by atoms with Gasteiger partial charge in [-0.1, -0.05) is 71.7 Å². The third-order valence-corrected chi connectivity index (χ3v) is 17.5. The third-order valence-electron chi connectivity index (χ3n) is 15.9. The highest BCUT2D eigenvalue weighted by atomic mass is 35.5. The fourth-order valence-electron chi connectivity index (χ4n) is 13.0. The van der Waals surface area contributed by atoms with E-state index in [0.717, 1.165) is 55.8 Å². The highest BCUT2D eigenvalue weighted by Gasteiger charge is 2.69. The van der Waals surface area contributed by atoms with Crippen LogP contribution in [0.5, 0.6) is 0 Å². The van der Waals surface area contributed by atoms with Gasteiger partial charge >= 0.3 is 5.97 Å². The first-order valence-electron chi connectivity index (χ1n) is 19.1. The van der Waals surface area contributed by atoms with Crippen LogP contribution >= 0.6 is 11.6 Å². The van der Waals surface area contributed by atoms with Gasteiger partial charge in [0.15, 0.2) is 0 Å². The molecule has 0 radical (unpaired) electrons. The summed E-state index contributed by atoms with van der Waals surface area (Å²) in [5, 5.41) is 11.3. The van der Waals surface area contributed by atoms with E-state index in [1.54, 1.807) is 6.07 Å². The molecule has 3 fully saturated rings. The van der Waals surface area contributed by atoms with E-state index in [4.69, 9.17) is 11.6 Å². The average Bonchev–Trinajstić information content (AvgIpc) is 3.43. The van der Waals surface area contributed by atoms with Crippen LogP contribution in [0.4, 0.5) is 0 Å². The Balaban J connectivity index is 1.20. The summed E-state index contributed by atoms with van der Waals surface area (Å²) in [5.41, 5.74) is 4.10. The second-order valence-electron chi connectivity index (χ2n) is 19.2.